The van der Waals surface area contributed by atoms with E-state index in [1.807, 2.05) is 7.05 Å². The monoisotopic (exact) mass is 254 g/mol. The molecule has 0 spiro atoms. The minimum absolute atomic E-state index is 0.146. The zero-order valence-electron chi connectivity index (χ0n) is 10.4. The van der Waals surface area contributed by atoms with E-state index in [0.717, 1.165) is 11.3 Å². The number of likely N-dealkylation sites (N-methyl/N-ethyl adjacent to an activating group) is 1. The van der Waals surface area contributed by atoms with Gasteiger partial charge in [-0.25, -0.2) is 8.42 Å². The number of anilines is 1. The predicted molar refractivity (Wildman–Crippen MR) is 65.3 cm³/mol. The lowest BCUT2D eigenvalue weighted by Gasteiger charge is -2.28. The normalized spacial score (nSPS) is 22.6. The number of rotatable bonds is 1. The fourth-order valence-electron chi connectivity index (χ4n) is 2.41. The Kier molecular flexibility index (Phi) is 2.52. The smallest absolute Gasteiger partial charge is 0.124 e. The first-order valence-electron chi connectivity index (χ1n) is 5.49. The first-order chi connectivity index (χ1) is 7.65. The van der Waals surface area contributed by atoms with Gasteiger partial charge in [-0.2, -0.15) is 0 Å². The van der Waals surface area contributed by atoms with E-state index in [0.29, 0.717) is 0 Å². The van der Waals surface area contributed by atoms with Crippen LogP contribution in [0.15, 0.2) is 23.1 Å². The van der Waals surface area contributed by atoms with Crippen LogP contribution in [0.25, 0.3) is 0 Å². The van der Waals surface area contributed by atoms with E-state index < -0.39 is 10.1 Å². The van der Waals surface area contributed by atoms with Crippen LogP contribution in [-0.4, -0.2) is 26.1 Å². The Morgan fingerprint density at radius 1 is 1.35 bits per heavy atom. The highest BCUT2D eigenvalue weighted by Crippen LogP contribution is 2.44. The van der Waals surface area contributed by atoms with Crippen molar-refractivity contribution in [2.45, 2.75) is 37.1 Å². The van der Waals surface area contributed by atoms with Gasteiger partial charge in [0.05, 0.1) is 4.90 Å². The molecule has 0 N–H and O–H groups in total. The molecule has 1 atom stereocenters. The molecular weight excluding hydrogens is 238 g/mol. The van der Waals surface area contributed by atoms with Gasteiger partial charge in [-0.1, -0.05) is 13.8 Å². The second-order valence-electron chi connectivity index (χ2n) is 5.14. The first kappa shape index (κ1) is 12.4. The number of fused-ring (bicyclic) bond motifs is 1. The van der Waals surface area contributed by atoms with Crippen LogP contribution < -0.4 is 4.90 Å². The molecule has 5 heteroatoms. The molecule has 0 amide bonds. The molecule has 94 valence electrons. The Morgan fingerprint density at radius 2 is 1.94 bits per heavy atom. The fraction of sp³-hybridized carbons (Fsp3) is 0.500. The summed E-state index contributed by atoms with van der Waals surface area (Å²) in [5.41, 5.74) is 1.75. The molecule has 2 rings (SSSR count). The second kappa shape index (κ2) is 3.46. The summed E-state index contributed by atoms with van der Waals surface area (Å²) in [6.45, 7) is 6.20. The van der Waals surface area contributed by atoms with Crippen molar-refractivity contribution in [1.29, 1.82) is 0 Å². The van der Waals surface area contributed by atoms with E-state index in [1.165, 1.54) is 12.1 Å². The summed E-state index contributed by atoms with van der Waals surface area (Å²) in [5, 5.41) is 0. The molecule has 17 heavy (non-hydrogen) atoms. The van der Waals surface area contributed by atoms with Crippen LogP contribution >= 0.6 is 0 Å². The number of hydrogen-bond acceptors (Lipinski definition) is 4. The van der Waals surface area contributed by atoms with Gasteiger partial charge in [0.15, 0.2) is 0 Å². The zero-order valence-corrected chi connectivity index (χ0v) is 11.2. The average molecular weight is 254 g/mol. The topological polar surface area (TPSA) is 60.4 Å². The molecule has 0 aliphatic carbocycles. The lowest BCUT2D eigenvalue weighted by atomic mass is 9.81. The lowest BCUT2D eigenvalue weighted by molar-refractivity contribution is 0.451. The Hall–Kier alpha value is -1.07. The molecule has 0 fully saturated rings. The molecule has 1 aliphatic rings. The van der Waals surface area contributed by atoms with Crippen LogP contribution in [-0.2, 0) is 15.5 Å². The average Bonchev–Trinajstić information content (AvgIpc) is 2.39. The van der Waals surface area contributed by atoms with Gasteiger partial charge in [0, 0.05) is 24.2 Å². The van der Waals surface area contributed by atoms with Gasteiger partial charge in [-0.05, 0) is 30.7 Å². The van der Waals surface area contributed by atoms with Gasteiger partial charge in [-0.3, -0.25) is 0 Å². The minimum atomic E-state index is -4.38. The van der Waals surface area contributed by atoms with Crippen molar-refractivity contribution in [3.63, 3.8) is 0 Å². The van der Waals surface area contributed by atoms with Crippen molar-refractivity contribution in [3.8, 4) is 0 Å². The van der Waals surface area contributed by atoms with Crippen LogP contribution in [0.2, 0.25) is 0 Å². The van der Waals surface area contributed by atoms with Crippen molar-refractivity contribution in [2.24, 2.45) is 0 Å². The Balaban J connectivity index is 2.67. The maximum Gasteiger partial charge on any atom is 0.124 e. The first-order valence-corrected chi connectivity index (χ1v) is 6.90. The summed E-state index contributed by atoms with van der Waals surface area (Å²) in [6, 6.07) is 4.87. The molecule has 1 unspecified atom stereocenters. The molecule has 1 aromatic carbocycles. The molecule has 0 bridgehead atoms. The van der Waals surface area contributed by atoms with Gasteiger partial charge in [0.25, 0.3) is 0 Å². The highest BCUT2D eigenvalue weighted by molar-refractivity contribution is 7.85. The predicted octanol–water partition coefficient (Wildman–Crippen LogP) is 1.71. The summed E-state index contributed by atoms with van der Waals surface area (Å²) >= 11 is 0. The molecule has 4 nitrogen and oxygen atoms in total. The maximum atomic E-state index is 11.0. The third kappa shape index (κ3) is 1.73. The zero-order chi connectivity index (χ0) is 13.0. The second-order valence-corrected chi connectivity index (χ2v) is 6.52. The number of benzene rings is 1. The van der Waals surface area contributed by atoms with Gasteiger partial charge < -0.3 is 9.45 Å². The molecule has 1 aliphatic heterocycles. The van der Waals surface area contributed by atoms with E-state index in [2.05, 4.69) is 25.7 Å². The standard InChI is InChI=1S/C12H17NO3S/c1-8-12(2,3)10-7-9(17(14,15)16)5-6-11(10)13(8)4/h5-8H,1-4H3,(H,14,15,16)/p-1. The Labute approximate surface area is 102 Å². The van der Waals surface area contributed by atoms with Gasteiger partial charge in [-0.15, -0.1) is 0 Å². The van der Waals surface area contributed by atoms with Crippen LogP contribution in [0, 0.1) is 0 Å². The van der Waals surface area contributed by atoms with E-state index in [1.54, 1.807) is 6.07 Å². The van der Waals surface area contributed by atoms with Crippen LogP contribution in [0.5, 0.6) is 0 Å². The van der Waals surface area contributed by atoms with E-state index >= 15 is 0 Å². The third-order valence-corrected chi connectivity index (χ3v) is 4.79. The summed E-state index contributed by atoms with van der Waals surface area (Å²) in [4.78, 5) is 1.96. The van der Waals surface area contributed by atoms with Gasteiger partial charge >= 0.3 is 0 Å². The molecule has 1 heterocycles. The summed E-state index contributed by atoms with van der Waals surface area (Å²) in [5.74, 6) is 0. The van der Waals surface area contributed by atoms with Crippen LogP contribution in [0.1, 0.15) is 26.3 Å². The minimum Gasteiger partial charge on any atom is -0.744 e. The number of hydrogen-bond donors (Lipinski definition) is 0. The SMILES string of the molecule is CC1N(C)c2ccc(S(=O)(=O)[O-])cc2C1(C)C. The summed E-state index contributed by atoms with van der Waals surface area (Å²) in [6.07, 6.45) is 0. The van der Waals surface area contributed by atoms with Gasteiger partial charge in [0.2, 0.25) is 0 Å². The summed E-state index contributed by atoms with van der Waals surface area (Å²) < 4.78 is 33.1. The molecular formula is C12H16NO3S-. The molecule has 0 radical (unpaired) electrons. The van der Waals surface area contributed by atoms with Crippen molar-refractivity contribution >= 4 is 15.8 Å². The Bertz CT molecular complexity index is 563. The molecule has 1 aromatic rings. The van der Waals surface area contributed by atoms with Crippen molar-refractivity contribution in [1.82, 2.24) is 0 Å². The van der Waals surface area contributed by atoms with Crippen molar-refractivity contribution in [2.75, 3.05) is 11.9 Å². The lowest BCUT2D eigenvalue weighted by Crippen LogP contribution is -2.36. The highest BCUT2D eigenvalue weighted by Gasteiger charge is 2.40. The molecule has 0 aromatic heterocycles. The number of nitrogens with zero attached hydrogens (tertiary/aromatic N) is 1. The van der Waals surface area contributed by atoms with E-state index in [9.17, 15) is 13.0 Å². The molecule has 0 saturated heterocycles. The quantitative estimate of drug-likeness (QED) is 0.716. The third-order valence-electron chi connectivity index (χ3n) is 3.96. The van der Waals surface area contributed by atoms with Crippen LogP contribution in [0.3, 0.4) is 0 Å². The fourth-order valence-corrected chi connectivity index (χ4v) is 2.91. The van der Waals surface area contributed by atoms with Crippen molar-refractivity contribution < 1.29 is 13.0 Å². The van der Waals surface area contributed by atoms with Gasteiger partial charge in [0.1, 0.15) is 10.1 Å². The van der Waals surface area contributed by atoms with Crippen molar-refractivity contribution in [3.05, 3.63) is 23.8 Å². The highest BCUT2D eigenvalue weighted by atomic mass is 32.2. The van der Waals surface area contributed by atoms with Crippen LogP contribution in [0.4, 0.5) is 5.69 Å². The largest absolute Gasteiger partial charge is 0.744 e. The van der Waals surface area contributed by atoms with E-state index in [-0.39, 0.29) is 16.4 Å². The molecule has 0 saturated carbocycles. The van der Waals surface area contributed by atoms with E-state index in [4.69, 9.17) is 0 Å². The maximum absolute atomic E-state index is 11.0. The summed E-state index contributed by atoms with van der Waals surface area (Å²) in [7, 11) is -2.40. The Morgan fingerprint density at radius 3 is 2.47 bits per heavy atom.